The summed E-state index contributed by atoms with van der Waals surface area (Å²) in [4.78, 5) is 23.5. The van der Waals surface area contributed by atoms with Crippen molar-refractivity contribution in [3.63, 3.8) is 0 Å². The molecule has 1 fully saturated rings. The Bertz CT molecular complexity index is 638. The van der Waals surface area contributed by atoms with Crippen LogP contribution in [0, 0.1) is 23.7 Å². The van der Waals surface area contributed by atoms with E-state index in [4.69, 9.17) is 14.2 Å². The zero-order valence-corrected chi connectivity index (χ0v) is 21.6. The largest absolute Gasteiger partial charge is 0.509 e. The van der Waals surface area contributed by atoms with Gasteiger partial charge >= 0.3 is 6.16 Å². The number of hydrogen-bond acceptors (Lipinski definition) is 6. The molecule has 7 heteroatoms. The second kappa shape index (κ2) is 11.8. The molecule has 6 nitrogen and oxygen atoms in total. The monoisotopic (exact) mass is 458 g/mol. The molecule has 0 spiro atoms. The molecule has 31 heavy (non-hydrogen) atoms. The average molecular weight is 459 g/mol. The van der Waals surface area contributed by atoms with E-state index >= 15 is 0 Å². The number of aliphatic hydroxyl groups excluding tert-OH is 1. The van der Waals surface area contributed by atoms with Crippen LogP contribution in [0.5, 0.6) is 0 Å². The van der Waals surface area contributed by atoms with E-state index < -0.39 is 17.4 Å². The van der Waals surface area contributed by atoms with E-state index in [2.05, 4.69) is 29.6 Å². The van der Waals surface area contributed by atoms with Crippen molar-refractivity contribution in [3.05, 3.63) is 0 Å². The normalized spacial score (nSPS) is 26.9. The smallest absolute Gasteiger partial charge is 0.426 e. The standard InChI is InChI=1S/C24H43O6P/c1-9-17(4)24(7)21(29-22(27)30-24)12-20(31)16(3)13-23(6,28-8)19(14-25)11-10-15(2)18(5)26/h15-17,19,21,25,31H,9-14H2,1-8H3/t15?,16?,17?,19?,21?,23?,24-/m1/s1. The van der Waals surface area contributed by atoms with E-state index in [0.717, 1.165) is 18.1 Å². The van der Waals surface area contributed by atoms with Crippen molar-refractivity contribution in [2.75, 3.05) is 13.7 Å². The Morgan fingerprint density at radius 1 is 1.29 bits per heavy atom. The highest BCUT2D eigenvalue weighted by Crippen LogP contribution is 2.39. The Morgan fingerprint density at radius 3 is 2.39 bits per heavy atom. The molecule has 1 N–H and O–H groups in total. The highest BCUT2D eigenvalue weighted by atomic mass is 31.0. The predicted octanol–water partition coefficient (Wildman–Crippen LogP) is 5.08. The number of carbonyl (C=O) groups excluding carboxylic acids is 2. The molecule has 1 heterocycles. The van der Waals surface area contributed by atoms with Crippen LogP contribution < -0.4 is 0 Å². The molecule has 0 aromatic carbocycles. The fourth-order valence-corrected chi connectivity index (χ4v) is 4.65. The van der Waals surface area contributed by atoms with E-state index in [1.165, 1.54) is 0 Å². The Morgan fingerprint density at radius 2 is 1.90 bits per heavy atom. The van der Waals surface area contributed by atoms with Crippen LogP contribution >= 0.6 is 8.86 Å². The van der Waals surface area contributed by atoms with Gasteiger partial charge in [0.05, 0.1) is 5.60 Å². The number of aliphatic hydroxyl groups is 1. The predicted molar refractivity (Wildman–Crippen MR) is 126 cm³/mol. The molecule has 0 radical (unpaired) electrons. The molecule has 1 aliphatic rings. The van der Waals surface area contributed by atoms with Gasteiger partial charge in [-0.05, 0) is 63.6 Å². The third kappa shape index (κ3) is 7.00. The first kappa shape index (κ1) is 28.1. The van der Waals surface area contributed by atoms with Crippen LogP contribution in [0.15, 0.2) is 0 Å². The molecule has 0 bridgehead atoms. The van der Waals surface area contributed by atoms with Crippen molar-refractivity contribution < 1.29 is 28.9 Å². The van der Waals surface area contributed by atoms with Gasteiger partial charge in [0.1, 0.15) is 11.9 Å². The van der Waals surface area contributed by atoms with Crippen LogP contribution in [0.3, 0.4) is 0 Å². The van der Waals surface area contributed by atoms with Crippen molar-refractivity contribution in [3.8, 4) is 0 Å². The molecular formula is C24H43O6P. The van der Waals surface area contributed by atoms with Gasteiger partial charge in [-0.25, -0.2) is 4.79 Å². The highest BCUT2D eigenvalue weighted by Gasteiger charge is 2.51. The van der Waals surface area contributed by atoms with Gasteiger partial charge in [0, 0.05) is 32.0 Å². The lowest BCUT2D eigenvalue weighted by Crippen LogP contribution is -2.45. The molecule has 0 saturated carbocycles. The summed E-state index contributed by atoms with van der Waals surface area (Å²) in [5.74, 6) is 0.337. The molecule has 0 aliphatic carbocycles. The maximum absolute atomic E-state index is 11.9. The van der Waals surface area contributed by atoms with E-state index in [9.17, 15) is 14.7 Å². The maximum Gasteiger partial charge on any atom is 0.509 e. The van der Waals surface area contributed by atoms with E-state index in [0.29, 0.717) is 19.3 Å². The quantitative estimate of drug-likeness (QED) is 0.289. The van der Waals surface area contributed by atoms with Crippen molar-refractivity contribution in [2.45, 2.75) is 97.9 Å². The van der Waals surface area contributed by atoms with Crippen LogP contribution in [0.25, 0.3) is 0 Å². The number of rotatable bonds is 14. The molecule has 1 rings (SSSR count). The lowest BCUT2D eigenvalue weighted by atomic mass is 9.76. The number of carbonyl (C=O) groups is 2. The van der Waals surface area contributed by atoms with Gasteiger partial charge in [0.25, 0.3) is 0 Å². The minimum atomic E-state index is -0.662. The summed E-state index contributed by atoms with van der Waals surface area (Å²) in [5.41, 5.74) is -1.21. The zero-order valence-electron chi connectivity index (χ0n) is 20.6. The summed E-state index contributed by atoms with van der Waals surface area (Å²) >= 11 is 0. The maximum atomic E-state index is 11.9. The number of hydrogen-bond donors (Lipinski definition) is 1. The Hall–Kier alpha value is -0.970. The molecule has 180 valence electrons. The van der Waals surface area contributed by atoms with Gasteiger partial charge in [-0.1, -0.05) is 27.7 Å². The zero-order chi connectivity index (χ0) is 24.0. The molecule has 1 aliphatic heterocycles. The SMILES string of the molecule is CCC(C)[C@@]1(C)OC(=O)OC1CC(=P)C(C)CC(C)(OC)C(CO)CCC(C)C(C)=O. The van der Waals surface area contributed by atoms with Crippen molar-refractivity contribution in [2.24, 2.45) is 23.7 Å². The van der Waals surface area contributed by atoms with Crippen molar-refractivity contribution in [1.82, 2.24) is 0 Å². The third-order valence-corrected chi connectivity index (χ3v) is 8.37. The Labute approximate surface area is 190 Å². The van der Waals surface area contributed by atoms with Crippen molar-refractivity contribution in [1.29, 1.82) is 0 Å². The number of Topliss-reactive ketones (excluding diaryl/α,β-unsaturated/α-hetero) is 1. The second-order valence-electron chi connectivity index (χ2n) is 9.77. The summed E-state index contributed by atoms with van der Waals surface area (Å²) in [5, 5.41) is 11.1. The van der Waals surface area contributed by atoms with Gasteiger partial charge in [-0.2, -0.15) is 0 Å². The highest BCUT2D eigenvalue weighted by molar-refractivity contribution is 7.21. The fourth-order valence-electron chi connectivity index (χ4n) is 4.36. The Kier molecular flexibility index (Phi) is 10.7. The van der Waals surface area contributed by atoms with Crippen LogP contribution in [-0.2, 0) is 19.0 Å². The number of ketones is 1. The van der Waals surface area contributed by atoms with Crippen LogP contribution in [0.4, 0.5) is 4.79 Å². The molecule has 0 aromatic rings. The Balaban J connectivity index is 2.85. The lowest BCUT2D eigenvalue weighted by molar-refractivity contribution is -0.121. The summed E-state index contributed by atoms with van der Waals surface area (Å²) < 4.78 is 17.0. The minimum absolute atomic E-state index is 0.00110. The summed E-state index contributed by atoms with van der Waals surface area (Å²) in [6.07, 6.45) is 2.59. The van der Waals surface area contributed by atoms with Gasteiger partial charge in [-0.15, -0.1) is 8.86 Å². The first-order chi connectivity index (χ1) is 14.3. The third-order valence-electron chi connectivity index (χ3n) is 7.68. The lowest BCUT2D eigenvalue weighted by Gasteiger charge is -2.39. The van der Waals surface area contributed by atoms with E-state index in [1.807, 2.05) is 20.8 Å². The fraction of sp³-hybridized carbons (Fsp3) is 0.875. The van der Waals surface area contributed by atoms with Crippen LogP contribution in [-0.4, -0.2) is 53.4 Å². The summed E-state index contributed by atoms with van der Waals surface area (Å²) in [6, 6.07) is 0. The topological polar surface area (TPSA) is 82.1 Å². The first-order valence-corrected chi connectivity index (χ1v) is 12.0. The van der Waals surface area contributed by atoms with Crippen LogP contribution in [0.1, 0.15) is 80.6 Å². The summed E-state index contributed by atoms with van der Waals surface area (Å²) in [7, 11) is 5.47. The minimum Gasteiger partial charge on any atom is -0.426 e. The number of cyclic esters (lactones) is 2. The first-order valence-electron chi connectivity index (χ1n) is 11.5. The molecule has 7 atom stereocenters. The van der Waals surface area contributed by atoms with Gasteiger partial charge in [0.2, 0.25) is 0 Å². The molecule has 0 amide bonds. The molecule has 1 saturated heterocycles. The molecule has 6 unspecified atom stereocenters. The van der Waals surface area contributed by atoms with E-state index in [1.54, 1.807) is 14.0 Å². The van der Waals surface area contributed by atoms with Crippen molar-refractivity contribution >= 4 is 26.1 Å². The number of methoxy groups -OCH3 is 1. The molecule has 0 aromatic heterocycles. The number of ether oxygens (including phenoxy) is 3. The summed E-state index contributed by atoms with van der Waals surface area (Å²) in [6.45, 7) is 13.7. The van der Waals surface area contributed by atoms with Gasteiger partial charge < -0.3 is 19.3 Å². The van der Waals surface area contributed by atoms with E-state index in [-0.39, 0.29) is 42.2 Å². The van der Waals surface area contributed by atoms with Crippen LogP contribution in [0.2, 0.25) is 0 Å². The second-order valence-corrected chi connectivity index (χ2v) is 10.4. The van der Waals surface area contributed by atoms with Gasteiger partial charge in [-0.3, -0.25) is 4.79 Å². The molecular weight excluding hydrogens is 415 g/mol. The van der Waals surface area contributed by atoms with Gasteiger partial charge in [0.15, 0.2) is 5.60 Å². The average Bonchev–Trinajstić information content (AvgIpc) is 3.01.